The predicted octanol–water partition coefficient (Wildman–Crippen LogP) is 5.51. The van der Waals surface area contributed by atoms with Crippen molar-refractivity contribution in [3.8, 4) is 0 Å². The van der Waals surface area contributed by atoms with Crippen LogP contribution in [0.2, 0.25) is 0 Å². The van der Waals surface area contributed by atoms with E-state index in [0.717, 1.165) is 16.6 Å². The number of H-pyrrole nitrogens is 1. The Morgan fingerprint density at radius 2 is 1.34 bits per heavy atom. The Morgan fingerprint density at radius 1 is 0.743 bits per heavy atom. The maximum Gasteiger partial charge on any atom is 0.246 e. The summed E-state index contributed by atoms with van der Waals surface area (Å²) in [6, 6.07) is 12.3. The van der Waals surface area contributed by atoms with Crippen LogP contribution in [-0.2, 0) is 10.1 Å². The van der Waals surface area contributed by atoms with E-state index in [0.29, 0.717) is 11.1 Å². The van der Waals surface area contributed by atoms with E-state index in [1.54, 1.807) is 26.0 Å². The van der Waals surface area contributed by atoms with E-state index < -0.39 is 10.1 Å². The van der Waals surface area contributed by atoms with Crippen molar-refractivity contribution in [2.24, 2.45) is 0 Å². The molecule has 0 aliphatic rings. The highest BCUT2D eigenvalue weighted by Gasteiger charge is 2.19. The summed E-state index contributed by atoms with van der Waals surface area (Å²) in [4.78, 5) is 4.77. The molecule has 3 aromatic heterocycles. The third kappa shape index (κ3) is 4.54. The molecule has 0 spiro atoms. The van der Waals surface area contributed by atoms with Gasteiger partial charge in [0.05, 0.1) is 27.0 Å². The van der Waals surface area contributed by atoms with E-state index in [4.69, 9.17) is 4.98 Å². The van der Waals surface area contributed by atoms with Gasteiger partial charge in [0.25, 0.3) is 0 Å². The maximum absolute atomic E-state index is 10.8. The number of rotatable bonds is 1. The lowest BCUT2D eigenvalue weighted by Crippen LogP contribution is -2.31. The highest BCUT2D eigenvalue weighted by Crippen LogP contribution is 2.30. The Balaban J connectivity index is 0.000000191. The van der Waals surface area contributed by atoms with Gasteiger partial charge in [-0.05, 0) is 88.4 Å². The van der Waals surface area contributed by atoms with Crippen LogP contribution >= 0.6 is 0 Å². The van der Waals surface area contributed by atoms with Gasteiger partial charge >= 0.3 is 0 Å². The average molecular weight is 490 g/mol. The first-order valence-electron chi connectivity index (χ1n) is 11.5. The lowest BCUT2D eigenvalue weighted by molar-refractivity contribution is -0.587. The van der Waals surface area contributed by atoms with Crippen LogP contribution in [0.15, 0.2) is 41.3 Å². The molecular formula is C28H31N3O3S. The Hall–Kier alpha value is -3.29. The molecule has 0 unspecified atom stereocenters. The monoisotopic (exact) mass is 489 g/mol. The number of aromatic amines is 1. The van der Waals surface area contributed by atoms with Gasteiger partial charge in [-0.25, -0.2) is 13.4 Å². The number of nitrogens with zero attached hydrogens (tertiary/aromatic N) is 2. The smallest absolute Gasteiger partial charge is 0.246 e. The average Bonchev–Trinajstić information content (AvgIpc) is 3.05. The van der Waals surface area contributed by atoms with Crippen molar-refractivity contribution >= 4 is 37.4 Å². The van der Waals surface area contributed by atoms with Gasteiger partial charge in [-0.15, -0.1) is 0 Å². The molecule has 2 aromatic carbocycles. The number of hydrogen-bond acceptors (Lipinski definition) is 4. The van der Waals surface area contributed by atoms with Gasteiger partial charge in [-0.1, -0.05) is 22.2 Å². The normalized spacial score (nSPS) is 11.8. The Kier molecular flexibility index (Phi) is 6.19. The molecule has 5 aromatic rings. The summed E-state index contributed by atoms with van der Waals surface area (Å²) < 4.78 is 34.7. The fourth-order valence-electron chi connectivity index (χ4n) is 4.77. The van der Waals surface area contributed by atoms with E-state index in [1.165, 1.54) is 44.4 Å². The molecule has 1 N–H and O–H groups in total. The molecule has 5 rings (SSSR count). The molecule has 0 radical (unpaired) electrons. The molecule has 0 amide bonds. The Bertz CT molecular complexity index is 1730. The third-order valence-electron chi connectivity index (χ3n) is 6.65. The minimum Gasteiger partial charge on any atom is -0.744 e. The Morgan fingerprint density at radius 3 is 1.94 bits per heavy atom. The van der Waals surface area contributed by atoms with Crippen LogP contribution in [0, 0.1) is 55.4 Å². The molecule has 0 atom stereocenters. The zero-order valence-electron chi connectivity index (χ0n) is 21.5. The molecule has 7 heteroatoms. The molecule has 0 saturated heterocycles. The van der Waals surface area contributed by atoms with Gasteiger partial charge in [0, 0.05) is 24.4 Å². The first-order chi connectivity index (χ1) is 16.3. The van der Waals surface area contributed by atoms with Gasteiger partial charge in [0.15, 0.2) is 0 Å². The quantitative estimate of drug-likeness (QED) is 0.248. The fraction of sp³-hybridized carbons (Fsp3) is 0.286. The Labute approximate surface area is 206 Å². The number of benzene rings is 2. The summed E-state index contributed by atoms with van der Waals surface area (Å²) >= 11 is 0. The molecule has 182 valence electrons. The van der Waals surface area contributed by atoms with Crippen LogP contribution < -0.4 is 4.52 Å². The highest BCUT2D eigenvalue weighted by molar-refractivity contribution is 7.85. The fourth-order valence-corrected chi connectivity index (χ4v) is 5.68. The van der Waals surface area contributed by atoms with Crippen molar-refractivity contribution in [2.45, 2.75) is 60.3 Å². The van der Waals surface area contributed by atoms with Gasteiger partial charge < -0.3 is 4.55 Å². The van der Waals surface area contributed by atoms with E-state index in [-0.39, 0.29) is 4.90 Å². The summed E-state index contributed by atoms with van der Waals surface area (Å²) in [5.41, 5.74) is 11.6. The lowest BCUT2D eigenvalue weighted by Gasteiger charge is -2.14. The second-order valence-electron chi connectivity index (χ2n) is 9.58. The molecule has 0 fully saturated rings. The van der Waals surface area contributed by atoms with E-state index in [2.05, 4.69) is 68.5 Å². The number of aryl methyl sites for hydroxylation is 8. The minimum absolute atomic E-state index is 0.0851. The van der Waals surface area contributed by atoms with Crippen molar-refractivity contribution in [1.29, 1.82) is 0 Å². The lowest BCUT2D eigenvalue weighted by atomic mass is 10.0. The number of aromatic nitrogens is 3. The molecule has 0 saturated carbocycles. The highest BCUT2D eigenvalue weighted by atomic mass is 32.2. The molecule has 3 heterocycles. The summed E-state index contributed by atoms with van der Waals surface area (Å²) in [6.07, 6.45) is 0. The summed E-state index contributed by atoms with van der Waals surface area (Å²) in [6.45, 7) is 15.8. The summed E-state index contributed by atoms with van der Waals surface area (Å²) in [5, 5.41) is 5.97. The molecule has 35 heavy (non-hydrogen) atoms. The second kappa shape index (κ2) is 8.73. The van der Waals surface area contributed by atoms with Crippen LogP contribution in [0.4, 0.5) is 0 Å². The van der Waals surface area contributed by atoms with Crippen LogP contribution in [0.25, 0.3) is 27.3 Å². The SMILES string of the molecule is Cc1cc(C)c(S(=O)(=O)[O-])c(C)c1.Cc1cc2nc3cc(C)[n+]4[nH]c(C)c(C)cc4c3c2cc1C. The second-order valence-corrected chi connectivity index (χ2v) is 10.9. The van der Waals surface area contributed by atoms with Crippen molar-refractivity contribution < 1.29 is 17.5 Å². The van der Waals surface area contributed by atoms with E-state index in [1.807, 2.05) is 6.92 Å². The number of pyridine rings is 1. The number of fused-ring (bicyclic) bond motifs is 5. The van der Waals surface area contributed by atoms with Crippen molar-refractivity contribution in [1.82, 2.24) is 10.1 Å². The first kappa shape index (κ1) is 24.8. The van der Waals surface area contributed by atoms with Gasteiger partial charge in [0.1, 0.15) is 10.1 Å². The third-order valence-corrected chi connectivity index (χ3v) is 7.80. The van der Waals surface area contributed by atoms with E-state index in [9.17, 15) is 13.0 Å². The van der Waals surface area contributed by atoms with Crippen molar-refractivity contribution in [3.05, 3.63) is 81.2 Å². The number of nitrogens with one attached hydrogen (secondary N) is 1. The standard InChI is InChI=1S/C19H19N3.C9H12O3S/c1-10-6-15-16(7-11(10)2)20-17-9-13(4)22-18(19(15)17)8-12(3)14(5)21-22;1-6-4-7(2)9(8(3)5-6)13(10,11)12/h6-9H,1-5H3;4-5H,1-3H3,(H,10,11,12). The molecular weight excluding hydrogens is 458 g/mol. The summed E-state index contributed by atoms with van der Waals surface area (Å²) in [5.74, 6) is 0. The van der Waals surface area contributed by atoms with Gasteiger partial charge in [0.2, 0.25) is 11.2 Å². The summed E-state index contributed by atoms with van der Waals surface area (Å²) in [7, 11) is -4.33. The zero-order valence-corrected chi connectivity index (χ0v) is 22.3. The molecule has 0 aliphatic carbocycles. The largest absolute Gasteiger partial charge is 0.744 e. The molecule has 0 bridgehead atoms. The van der Waals surface area contributed by atoms with Crippen molar-refractivity contribution in [3.63, 3.8) is 0 Å². The van der Waals surface area contributed by atoms with E-state index >= 15 is 0 Å². The first-order valence-corrected chi connectivity index (χ1v) is 12.9. The van der Waals surface area contributed by atoms with Crippen LogP contribution in [0.1, 0.15) is 44.8 Å². The zero-order chi connectivity index (χ0) is 25.8. The van der Waals surface area contributed by atoms with Crippen LogP contribution in [-0.4, -0.2) is 23.1 Å². The topological polar surface area (TPSA) is 90.0 Å². The van der Waals surface area contributed by atoms with Crippen LogP contribution in [0.5, 0.6) is 0 Å². The molecule has 6 nitrogen and oxygen atoms in total. The molecule has 0 aliphatic heterocycles. The maximum atomic E-state index is 10.8. The van der Waals surface area contributed by atoms with Crippen molar-refractivity contribution in [2.75, 3.05) is 0 Å². The van der Waals surface area contributed by atoms with Gasteiger partial charge in [-0.2, -0.15) is 5.10 Å². The minimum atomic E-state index is -4.33. The number of hydrogen-bond donors (Lipinski definition) is 1. The predicted molar refractivity (Wildman–Crippen MR) is 139 cm³/mol. The van der Waals surface area contributed by atoms with Gasteiger partial charge in [-0.3, -0.25) is 0 Å². The van der Waals surface area contributed by atoms with Crippen LogP contribution in [0.3, 0.4) is 0 Å².